The molecule has 3 heteroatoms. The number of hydrogen-bond donors (Lipinski definition) is 1. The Labute approximate surface area is 103 Å². The van der Waals surface area contributed by atoms with Crippen LogP contribution in [-0.2, 0) is 12.8 Å². The highest BCUT2D eigenvalue weighted by atomic mass is 16.2. The van der Waals surface area contributed by atoms with E-state index in [1.807, 2.05) is 18.7 Å². The molecular weight excluding hydrogens is 212 g/mol. The van der Waals surface area contributed by atoms with Gasteiger partial charge in [0.05, 0.1) is 0 Å². The molecule has 1 aromatic carbocycles. The standard InChI is InChI=1S/C14H20N2O/c1-11(2)15-14(17)16-9-7-12-5-3-4-6-13(12)8-10-16/h3-6,11H,7-10H2,1-2H3,(H,15,17). The quantitative estimate of drug-likeness (QED) is 0.791. The van der Waals surface area contributed by atoms with Gasteiger partial charge in [-0.25, -0.2) is 4.79 Å². The number of fused-ring (bicyclic) bond motifs is 1. The van der Waals surface area contributed by atoms with Crippen molar-refractivity contribution in [3.05, 3.63) is 35.4 Å². The van der Waals surface area contributed by atoms with E-state index in [4.69, 9.17) is 0 Å². The Bertz CT molecular complexity index is 374. The second-order valence-electron chi connectivity index (χ2n) is 4.86. The van der Waals surface area contributed by atoms with Gasteiger partial charge in [-0.05, 0) is 37.8 Å². The third-order valence-corrected chi connectivity index (χ3v) is 3.12. The Kier molecular flexibility index (Phi) is 3.67. The van der Waals surface area contributed by atoms with Crippen LogP contribution in [0.5, 0.6) is 0 Å². The second-order valence-corrected chi connectivity index (χ2v) is 4.86. The van der Waals surface area contributed by atoms with Gasteiger partial charge in [0.2, 0.25) is 0 Å². The van der Waals surface area contributed by atoms with Gasteiger partial charge in [-0.2, -0.15) is 0 Å². The Hall–Kier alpha value is -1.51. The van der Waals surface area contributed by atoms with Crippen molar-refractivity contribution in [1.29, 1.82) is 0 Å². The average Bonchev–Trinajstić information content (AvgIpc) is 2.50. The minimum Gasteiger partial charge on any atom is -0.336 e. The number of nitrogens with one attached hydrogen (secondary N) is 1. The van der Waals surface area contributed by atoms with Crippen molar-refractivity contribution >= 4 is 6.03 Å². The van der Waals surface area contributed by atoms with E-state index in [2.05, 4.69) is 29.6 Å². The minimum atomic E-state index is 0.0628. The predicted molar refractivity (Wildman–Crippen MR) is 69.1 cm³/mol. The Balaban J connectivity index is 2.01. The van der Waals surface area contributed by atoms with Crippen LogP contribution in [0.4, 0.5) is 4.79 Å². The average molecular weight is 232 g/mol. The van der Waals surface area contributed by atoms with Gasteiger partial charge in [-0.1, -0.05) is 24.3 Å². The van der Waals surface area contributed by atoms with E-state index in [0.717, 1.165) is 25.9 Å². The highest BCUT2D eigenvalue weighted by Crippen LogP contribution is 2.15. The lowest BCUT2D eigenvalue weighted by atomic mass is 10.0. The van der Waals surface area contributed by atoms with Gasteiger partial charge >= 0.3 is 6.03 Å². The number of carbonyl (C=O) groups excluding carboxylic acids is 1. The first-order valence-electron chi connectivity index (χ1n) is 6.29. The van der Waals surface area contributed by atoms with Crippen molar-refractivity contribution in [2.75, 3.05) is 13.1 Å². The van der Waals surface area contributed by atoms with E-state index < -0.39 is 0 Å². The lowest BCUT2D eigenvalue weighted by Gasteiger charge is -2.22. The smallest absolute Gasteiger partial charge is 0.317 e. The maximum absolute atomic E-state index is 11.9. The van der Waals surface area contributed by atoms with E-state index in [9.17, 15) is 4.79 Å². The second kappa shape index (κ2) is 5.21. The zero-order valence-electron chi connectivity index (χ0n) is 10.6. The van der Waals surface area contributed by atoms with Gasteiger partial charge < -0.3 is 10.2 Å². The number of carbonyl (C=O) groups is 1. The molecule has 92 valence electrons. The fourth-order valence-electron chi connectivity index (χ4n) is 2.21. The molecule has 17 heavy (non-hydrogen) atoms. The number of amides is 2. The Morgan fingerprint density at radius 1 is 1.18 bits per heavy atom. The zero-order chi connectivity index (χ0) is 12.3. The summed E-state index contributed by atoms with van der Waals surface area (Å²) >= 11 is 0. The number of rotatable bonds is 1. The van der Waals surface area contributed by atoms with Crippen LogP contribution in [0.25, 0.3) is 0 Å². The van der Waals surface area contributed by atoms with Crippen molar-refractivity contribution in [3.63, 3.8) is 0 Å². The van der Waals surface area contributed by atoms with E-state index in [1.165, 1.54) is 11.1 Å². The lowest BCUT2D eigenvalue weighted by Crippen LogP contribution is -2.44. The molecule has 3 nitrogen and oxygen atoms in total. The van der Waals surface area contributed by atoms with Crippen molar-refractivity contribution in [2.24, 2.45) is 0 Å². The van der Waals surface area contributed by atoms with Crippen LogP contribution in [0.15, 0.2) is 24.3 Å². The first kappa shape index (κ1) is 12.0. The molecule has 2 rings (SSSR count). The number of nitrogens with zero attached hydrogens (tertiary/aromatic N) is 1. The van der Waals surface area contributed by atoms with Crippen LogP contribution in [0.2, 0.25) is 0 Å². The highest BCUT2D eigenvalue weighted by molar-refractivity contribution is 5.74. The van der Waals surface area contributed by atoms with Crippen LogP contribution < -0.4 is 5.32 Å². The van der Waals surface area contributed by atoms with Crippen LogP contribution in [0, 0.1) is 0 Å². The first-order valence-corrected chi connectivity index (χ1v) is 6.29. The molecule has 2 amide bonds. The van der Waals surface area contributed by atoms with Crippen LogP contribution in [0.3, 0.4) is 0 Å². The molecule has 0 radical (unpaired) electrons. The molecular formula is C14H20N2O. The van der Waals surface area contributed by atoms with E-state index in [1.54, 1.807) is 0 Å². The topological polar surface area (TPSA) is 32.3 Å². The molecule has 0 saturated carbocycles. The highest BCUT2D eigenvalue weighted by Gasteiger charge is 2.18. The van der Waals surface area contributed by atoms with Crippen molar-refractivity contribution < 1.29 is 4.79 Å². The summed E-state index contributed by atoms with van der Waals surface area (Å²) in [5, 5.41) is 2.95. The van der Waals surface area contributed by atoms with Gasteiger partial charge in [0.1, 0.15) is 0 Å². The molecule has 0 unspecified atom stereocenters. The van der Waals surface area contributed by atoms with Gasteiger partial charge in [-0.15, -0.1) is 0 Å². The van der Waals surface area contributed by atoms with Crippen molar-refractivity contribution in [2.45, 2.75) is 32.7 Å². The third kappa shape index (κ3) is 2.99. The van der Waals surface area contributed by atoms with Crippen LogP contribution in [-0.4, -0.2) is 30.1 Å². The summed E-state index contributed by atoms with van der Waals surface area (Å²) in [7, 11) is 0. The Morgan fingerprint density at radius 3 is 2.18 bits per heavy atom. The van der Waals surface area contributed by atoms with Crippen molar-refractivity contribution in [3.8, 4) is 0 Å². The maximum atomic E-state index is 11.9. The monoisotopic (exact) mass is 232 g/mol. The van der Waals surface area contributed by atoms with Crippen LogP contribution in [0.1, 0.15) is 25.0 Å². The van der Waals surface area contributed by atoms with E-state index in [-0.39, 0.29) is 12.1 Å². The first-order chi connectivity index (χ1) is 8.16. The minimum absolute atomic E-state index is 0.0628. The van der Waals surface area contributed by atoms with Gasteiger partial charge in [0, 0.05) is 19.1 Å². The Morgan fingerprint density at radius 2 is 1.71 bits per heavy atom. The molecule has 0 aromatic heterocycles. The zero-order valence-corrected chi connectivity index (χ0v) is 10.6. The molecule has 1 aliphatic heterocycles. The normalized spacial score (nSPS) is 15.4. The molecule has 0 fully saturated rings. The van der Waals surface area contributed by atoms with Gasteiger partial charge in [0.15, 0.2) is 0 Å². The molecule has 1 N–H and O–H groups in total. The fraction of sp³-hybridized carbons (Fsp3) is 0.500. The van der Waals surface area contributed by atoms with E-state index in [0.29, 0.717) is 0 Å². The number of benzene rings is 1. The van der Waals surface area contributed by atoms with Gasteiger partial charge in [0.25, 0.3) is 0 Å². The summed E-state index contributed by atoms with van der Waals surface area (Å²) in [6.07, 6.45) is 1.92. The predicted octanol–water partition coefficient (Wildman–Crippen LogP) is 2.21. The molecule has 0 atom stereocenters. The molecule has 0 aliphatic carbocycles. The largest absolute Gasteiger partial charge is 0.336 e. The summed E-state index contributed by atoms with van der Waals surface area (Å²) in [4.78, 5) is 13.8. The summed E-state index contributed by atoms with van der Waals surface area (Å²) in [6.45, 7) is 5.61. The molecule has 0 spiro atoms. The molecule has 1 heterocycles. The molecule has 1 aliphatic rings. The fourth-order valence-corrected chi connectivity index (χ4v) is 2.21. The van der Waals surface area contributed by atoms with E-state index >= 15 is 0 Å². The molecule has 0 saturated heterocycles. The maximum Gasteiger partial charge on any atom is 0.317 e. The summed E-state index contributed by atoms with van der Waals surface area (Å²) < 4.78 is 0. The summed E-state index contributed by atoms with van der Waals surface area (Å²) in [6, 6.07) is 8.74. The lowest BCUT2D eigenvalue weighted by molar-refractivity contribution is 0.197. The third-order valence-electron chi connectivity index (χ3n) is 3.12. The summed E-state index contributed by atoms with van der Waals surface area (Å²) in [5.74, 6) is 0. The van der Waals surface area contributed by atoms with Gasteiger partial charge in [-0.3, -0.25) is 0 Å². The molecule has 1 aromatic rings. The number of urea groups is 1. The molecule has 0 bridgehead atoms. The van der Waals surface area contributed by atoms with Crippen molar-refractivity contribution in [1.82, 2.24) is 10.2 Å². The van der Waals surface area contributed by atoms with Crippen LogP contribution >= 0.6 is 0 Å². The summed E-state index contributed by atoms with van der Waals surface area (Å²) in [5.41, 5.74) is 2.76. The number of hydrogen-bond acceptors (Lipinski definition) is 1. The SMILES string of the molecule is CC(C)NC(=O)N1CCc2ccccc2CC1.